The van der Waals surface area contributed by atoms with E-state index < -0.39 is 0 Å². The predicted molar refractivity (Wildman–Crippen MR) is 139 cm³/mol. The van der Waals surface area contributed by atoms with E-state index in [1.165, 1.54) is 35.9 Å². The summed E-state index contributed by atoms with van der Waals surface area (Å²) in [6.07, 6.45) is 12.9. The van der Waals surface area contributed by atoms with Crippen molar-refractivity contribution in [1.29, 1.82) is 0 Å². The van der Waals surface area contributed by atoms with Crippen molar-refractivity contribution < 1.29 is 0 Å². The molecule has 5 heterocycles. The van der Waals surface area contributed by atoms with Crippen molar-refractivity contribution in [3.8, 4) is 11.4 Å². The number of nitrogens with zero attached hydrogens (tertiary/aromatic N) is 5. The van der Waals surface area contributed by atoms with Gasteiger partial charge in [0.15, 0.2) is 5.82 Å². The SMILES string of the molecule is C1=C2C(CCN2c2nc(-c3ccnc(Nc4ccccc4)c3)nc3cncc(C4CCC4)c23)NC1. The molecule has 4 aromatic rings. The van der Waals surface area contributed by atoms with Crippen LogP contribution in [0.15, 0.2) is 72.8 Å². The highest BCUT2D eigenvalue weighted by Crippen LogP contribution is 2.43. The highest BCUT2D eigenvalue weighted by atomic mass is 15.3. The van der Waals surface area contributed by atoms with Gasteiger partial charge in [0, 0.05) is 53.9 Å². The normalized spacial score (nSPS) is 19.5. The highest BCUT2D eigenvalue weighted by molar-refractivity contribution is 5.95. The maximum absolute atomic E-state index is 5.23. The van der Waals surface area contributed by atoms with E-state index in [0.717, 1.165) is 47.9 Å². The van der Waals surface area contributed by atoms with Crippen LogP contribution in [0.2, 0.25) is 0 Å². The van der Waals surface area contributed by atoms with E-state index >= 15 is 0 Å². The first-order valence-corrected chi connectivity index (χ1v) is 12.5. The zero-order chi connectivity index (χ0) is 23.2. The maximum Gasteiger partial charge on any atom is 0.162 e. The van der Waals surface area contributed by atoms with Gasteiger partial charge < -0.3 is 15.5 Å². The Morgan fingerprint density at radius 3 is 2.77 bits per heavy atom. The predicted octanol–water partition coefficient (Wildman–Crippen LogP) is 5.16. The lowest BCUT2D eigenvalue weighted by atomic mass is 9.79. The molecule has 2 aliphatic heterocycles. The van der Waals surface area contributed by atoms with Gasteiger partial charge in [-0.15, -0.1) is 0 Å². The number of para-hydroxylation sites is 1. The van der Waals surface area contributed by atoms with Gasteiger partial charge in [-0.1, -0.05) is 24.6 Å². The van der Waals surface area contributed by atoms with Gasteiger partial charge in [0.25, 0.3) is 0 Å². The summed E-state index contributed by atoms with van der Waals surface area (Å²) in [4.78, 5) is 21.8. The van der Waals surface area contributed by atoms with Gasteiger partial charge in [-0.3, -0.25) is 4.98 Å². The Morgan fingerprint density at radius 1 is 1.00 bits per heavy atom. The third kappa shape index (κ3) is 3.63. The van der Waals surface area contributed by atoms with Crippen LogP contribution in [0.3, 0.4) is 0 Å². The molecule has 0 amide bonds. The van der Waals surface area contributed by atoms with Gasteiger partial charge in [-0.25, -0.2) is 15.0 Å². The van der Waals surface area contributed by atoms with Crippen LogP contribution in [0.1, 0.15) is 37.2 Å². The number of nitrogens with one attached hydrogen (secondary N) is 2. The van der Waals surface area contributed by atoms with Crippen LogP contribution in [0, 0.1) is 0 Å². The van der Waals surface area contributed by atoms with E-state index in [4.69, 9.17) is 9.97 Å². The minimum Gasteiger partial charge on any atom is -0.340 e. The third-order valence-electron chi connectivity index (χ3n) is 7.47. The lowest BCUT2D eigenvalue weighted by Crippen LogP contribution is -2.24. The van der Waals surface area contributed by atoms with Gasteiger partial charge in [0.2, 0.25) is 0 Å². The maximum atomic E-state index is 5.23. The van der Waals surface area contributed by atoms with E-state index in [1.807, 2.05) is 61.1 Å². The van der Waals surface area contributed by atoms with E-state index in [2.05, 4.69) is 31.6 Å². The minimum absolute atomic E-state index is 0.417. The topological polar surface area (TPSA) is 78.9 Å². The van der Waals surface area contributed by atoms with E-state index in [9.17, 15) is 0 Å². The van der Waals surface area contributed by atoms with Crippen molar-refractivity contribution in [3.63, 3.8) is 0 Å². The second-order valence-electron chi connectivity index (χ2n) is 9.57. The summed E-state index contributed by atoms with van der Waals surface area (Å²) in [7, 11) is 0. The molecule has 1 atom stereocenters. The summed E-state index contributed by atoms with van der Waals surface area (Å²) < 4.78 is 0. The first kappa shape index (κ1) is 20.5. The van der Waals surface area contributed by atoms with Crippen molar-refractivity contribution >= 4 is 28.2 Å². The fraction of sp³-hybridized carbons (Fsp3) is 0.286. The lowest BCUT2D eigenvalue weighted by molar-refractivity contribution is 0.421. The quantitative estimate of drug-likeness (QED) is 0.425. The standard InChI is InChI=1S/C28H27N7/c1-2-7-20(8-3-1)32-25-15-19(9-12-31-25)27-33-23-17-29-16-21(18-5-4-6-18)26(23)28(34-27)35-14-11-22-24(35)10-13-30-22/h1-3,7-10,12,15-18,22,30H,4-6,11,13-14H2,(H,31,32). The van der Waals surface area contributed by atoms with Crippen LogP contribution in [0.5, 0.6) is 0 Å². The monoisotopic (exact) mass is 461 g/mol. The lowest BCUT2D eigenvalue weighted by Gasteiger charge is -2.29. The number of benzene rings is 1. The summed E-state index contributed by atoms with van der Waals surface area (Å²) in [5.41, 5.74) is 5.49. The molecule has 7 heteroatoms. The molecule has 7 rings (SSSR count). The van der Waals surface area contributed by atoms with Crippen LogP contribution in [-0.4, -0.2) is 39.1 Å². The largest absolute Gasteiger partial charge is 0.340 e. The first-order chi connectivity index (χ1) is 17.3. The summed E-state index contributed by atoms with van der Waals surface area (Å²) >= 11 is 0. The van der Waals surface area contributed by atoms with Crippen LogP contribution in [-0.2, 0) is 0 Å². The Morgan fingerprint density at radius 2 is 1.91 bits per heavy atom. The van der Waals surface area contributed by atoms with Gasteiger partial charge in [-0.05, 0) is 61.1 Å². The zero-order valence-electron chi connectivity index (χ0n) is 19.5. The van der Waals surface area contributed by atoms with Crippen molar-refractivity contribution in [2.45, 2.75) is 37.6 Å². The number of fused-ring (bicyclic) bond motifs is 2. The molecule has 1 aromatic carbocycles. The Labute approximate surface area is 204 Å². The highest BCUT2D eigenvalue weighted by Gasteiger charge is 2.34. The Kier molecular flexibility index (Phi) is 4.94. The molecular formula is C28H27N7. The van der Waals surface area contributed by atoms with Gasteiger partial charge in [-0.2, -0.15) is 0 Å². The molecule has 174 valence electrons. The smallest absolute Gasteiger partial charge is 0.162 e. The molecule has 35 heavy (non-hydrogen) atoms. The summed E-state index contributed by atoms with van der Waals surface area (Å²) in [6, 6.07) is 14.5. The molecule has 0 bridgehead atoms. The van der Waals surface area contributed by atoms with Crippen LogP contribution >= 0.6 is 0 Å². The Bertz CT molecular complexity index is 1430. The van der Waals surface area contributed by atoms with Crippen molar-refractivity contribution in [2.75, 3.05) is 23.3 Å². The molecule has 1 aliphatic carbocycles. The number of rotatable bonds is 5. The zero-order valence-corrected chi connectivity index (χ0v) is 19.5. The Balaban J connectivity index is 1.36. The average molecular weight is 462 g/mol. The number of anilines is 3. The van der Waals surface area contributed by atoms with Gasteiger partial charge in [0.05, 0.1) is 11.7 Å². The molecule has 7 nitrogen and oxygen atoms in total. The van der Waals surface area contributed by atoms with Crippen LogP contribution in [0.4, 0.5) is 17.3 Å². The number of hydrogen-bond acceptors (Lipinski definition) is 7. The Hall–Kier alpha value is -3.84. The molecule has 1 saturated carbocycles. The van der Waals surface area contributed by atoms with Crippen molar-refractivity contribution in [3.05, 3.63) is 78.4 Å². The summed E-state index contributed by atoms with van der Waals surface area (Å²) in [6.45, 7) is 1.88. The molecule has 3 aliphatic rings. The first-order valence-electron chi connectivity index (χ1n) is 12.5. The average Bonchev–Trinajstić information content (AvgIpc) is 3.48. The third-order valence-corrected chi connectivity index (χ3v) is 7.47. The molecule has 2 fully saturated rings. The van der Waals surface area contributed by atoms with E-state index in [1.54, 1.807) is 0 Å². The van der Waals surface area contributed by atoms with E-state index in [0.29, 0.717) is 17.8 Å². The fourth-order valence-electron chi connectivity index (χ4n) is 5.47. The molecule has 0 spiro atoms. The van der Waals surface area contributed by atoms with Crippen molar-refractivity contribution in [2.24, 2.45) is 0 Å². The second-order valence-corrected chi connectivity index (χ2v) is 9.57. The molecule has 2 N–H and O–H groups in total. The summed E-state index contributed by atoms with van der Waals surface area (Å²) in [5, 5.41) is 8.15. The molecule has 3 aromatic heterocycles. The molecule has 0 radical (unpaired) electrons. The molecule has 1 unspecified atom stereocenters. The fourth-order valence-corrected chi connectivity index (χ4v) is 5.47. The molecular weight excluding hydrogens is 434 g/mol. The van der Waals surface area contributed by atoms with Gasteiger partial charge in [0.1, 0.15) is 11.6 Å². The number of hydrogen-bond donors (Lipinski definition) is 2. The molecule has 1 saturated heterocycles. The van der Waals surface area contributed by atoms with Crippen LogP contribution < -0.4 is 15.5 Å². The van der Waals surface area contributed by atoms with Crippen molar-refractivity contribution in [1.82, 2.24) is 25.3 Å². The van der Waals surface area contributed by atoms with Gasteiger partial charge >= 0.3 is 0 Å². The minimum atomic E-state index is 0.417. The second kappa shape index (κ2) is 8.43. The number of pyridine rings is 2. The van der Waals surface area contributed by atoms with E-state index in [-0.39, 0.29) is 0 Å². The summed E-state index contributed by atoms with van der Waals surface area (Å²) in [5.74, 6) is 3.04. The van der Waals surface area contributed by atoms with Crippen LogP contribution in [0.25, 0.3) is 22.3 Å². The number of aromatic nitrogens is 4.